The van der Waals surface area contributed by atoms with Crippen LogP contribution in [-0.2, 0) is 6.42 Å². The molecule has 0 bridgehead atoms. The van der Waals surface area contributed by atoms with Gasteiger partial charge < -0.3 is 15.7 Å². The molecule has 0 aliphatic carbocycles. The lowest BCUT2D eigenvalue weighted by molar-refractivity contribution is 0.0958. The first-order chi connectivity index (χ1) is 11.7. The second-order valence-electron chi connectivity index (χ2n) is 5.06. The van der Waals surface area contributed by atoms with Gasteiger partial charge in [-0.1, -0.05) is 23.5 Å². The fourth-order valence-electron chi connectivity index (χ4n) is 2.07. The van der Waals surface area contributed by atoms with Gasteiger partial charge >= 0.3 is 0 Å². The van der Waals surface area contributed by atoms with E-state index in [1.807, 2.05) is 24.3 Å². The summed E-state index contributed by atoms with van der Waals surface area (Å²) in [6, 6.07) is 10.6. The normalized spacial score (nSPS) is 10.3. The molecular weight excluding hydrogens is 324 g/mol. The topological polar surface area (TPSA) is 87.1 Å². The average Bonchev–Trinajstić information content (AvgIpc) is 3.06. The summed E-state index contributed by atoms with van der Waals surface area (Å²) in [4.78, 5) is 20.8. The van der Waals surface area contributed by atoms with E-state index in [0.29, 0.717) is 23.0 Å². The molecular formula is C17H16N4O2S. The average molecular weight is 340 g/mol. The molecule has 6 nitrogen and oxygen atoms in total. The van der Waals surface area contributed by atoms with Crippen molar-refractivity contribution in [3.05, 3.63) is 65.4 Å². The Labute approximate surface area is 143 Å². The Morgan fingerprint density at radius 1 is 1.12 bits per heavy atom. The van der Waals surface area contributed by atoms with Crippen LogP contribution in [0.2, 0.25) is 0 Å². The number of hydrogen-bond donors (Lipinski definition) is 3. The Kier molecular flexibility index (Phi) is 5.02. The first-order valence-electron chi connectivity index (χ1n) is 7.40. The lowest BCUT2D eigenvalue weighted by Crippen LogP contribution is -2.24. The minimum atomic E-state index is -0.144. The zero-order valence-electron chi connectivity index (χ0n) is 12.8. The van der Waals surface area contributed by atoms with Crippen molar-refractivity contribution in [2.75, 3.05) is 11.9 Å². The molecule has 7 heteroatoms. The van der Waals surface area contributed by atoms with E-state index < -0.39 is 0 Å². The highest BCUT2D eigenvalue weighted by molar-refractivity contribution is 7.17. The van der Waals surface area contributed by atoms with E-state index in [0.717, 1.165) is 11.3 Å². The molecule has 0 saturated heterocycles. The molecule has 0 radical (unpaired) electrons. The minimum absolute atomic E-state index is 0.144. The Balaban J connectivity index is 1.51. The zero-order chi connectivity index (χ0) is 16.8. The molecule has 2 aromatic heterocycles. The summed E-state index contributed by atoms with van der Waals surface area (Å²) in [5.41, 5.74) is 1.93. The van der Waals surface area contributed by atoms with Crippen LogP contribution in [0.15, 0.2) is 55.0 Å². The van der Waals surface area contributed by atoms with E-state index in [1.165, 1.54) is 11.3 Å². The number of nitrogens with one attached hydrogen (secondary N) is 2. The van der Waals surface area contributed by atoms with Gasteiger partial charge in [-0.2, -0.15) is 0 Å². The highest BCUT2D eigenvalue weighted by Crippen LogP contribution is 2.22. The van der Waals surface area contributed by atoms with Gasteiger partial charge in [0.2, 0.25) is 0 Å². The number of aromatic nitrogens is 2. The van der Waals surface area contributed by atoms with Crippen LogP contribution in [-0.4, -0.2) is 27.5 Å². The number of rotatable bonds is 6. The summed E-state index contributed by atoms with van der Waals surface area (Å²) in [5.74, 6) is 0.0933. The predicted molar refractivity (Wildman–Crippen MR) is 93.8 cm³/mol. The van der Waals surface area contributed by atoms with Crippen molar-refractivity contribution in [3.8, 4) is 5.75 Å². The van der Waals surface area contributed by atoms with Crippen LogP contribution in [0.25, 0.3) is 0 Å². The van der Waals surface area contributed by atoms with Gasteiger partial charge in [0, 0.05) is 24.6 Å². The molecule has 0 unspecified atom stereocenters. The lowest BCUT2D eigenvalue weighted by atomic mass is 10.1. The summed E-state index contributed by atoms with van der Waals surface area (Å²) < 4.78 is 0. The van der Waals surface area contributed by atoms with Crippen LogP contribution in [0.5, 0.6) is 5.75 Å². The third-order valence-corrected chi connectivity index (χ3v) is 4.21. The van der Waals surface area contributed by atoms with Gasteiger partial charge in [-0.15, -0.1) is 0 Å². The van der Waals surface area contributed by atoms with Gasteiger partial charge in [0.1, 0.15) is 10.6 Å². The van der Waals surface area contributed by atoms with Crippen LogP contribution in [0, 0.1) is 0 Å². The number of hydrogen-bond acceptors (Lipinski definition) is 6. The molecule has 0 atom stereocenters. The first-order valence-corrected chi connectivity index (χ1v) is 8.21. The Morgan fingerprint density at radius 3 is 2.62 bits per heavy atom. The fourth-order valence-corrected chi connectivity index (χ4v) is 2.82. The Morgan fingerprint density at radius 2 is 1.88 bits per heavy atom. The number of carbonyl (C=O) groups excluding carboxylic acids is 1. The third kappa shape index (κ3) is 4.30. The van der Waals surface area contributed by atoms with Crippen molar-refractivity contribution >= 4 is 28.1 Å². The highest BCUT2D eigenvalue weighted by Gasteiger charge is 2.10. The molecule has 3 aromatic rings. The van der Waals surface area contributed by atoms with Gasteiger partial charge in [0.05, 0.1) is 6.20 Å². The lowest BCUT2D eigenvalue weighted by Gasteiger charge is -2.04. The van der Waals surface area contributed by atoms with Gasteiger partial charge in [0.25, 0.3) is 5.91 Å². The number of nitrogens with zero attached hydrogens (tertiary/aromatic N) is 2. The second-order valence-corrected chi connectivity index (χ2v) is 6.09. The van der Waals surface area contributed by atoms with Crippen molar-refractivity contribution in [1.29, 1.82) is 0 Å². The monoisotopic (exact) mass is 340 g/mol. The van der Waals surface area contributed by atoms with Crippen LogP contribution in [0.3, 0.4) is 0 Å². The minimum Gasteiger partial charge on any atom is -0.508 e. The zero-order valence-corrected chi connectivity index (χ0v) is 13.6. The maximum atomic E-state index is 12.1. The van der Waals surface area contributed by atoms with E-state index in [4.69, 9.17) is 0 Å². The molecule has 122 valence electrons. The van der Waals surface area contributed by atoms with E-state index in [2.05, 4.69) is 20.6 Å². The van der Waals surface area contributed by atoms with E-state index >= 15 is 0 Å². The standard InChI is InChI=1S/C17H16N4O2S/c22-14-3-1-12(2-4-14)5-10-19-16(23)15-11-20-17(24-15)21-13-6-8-18-9-7-13/h1-4,6-9,11,22H,5,10H2,(H,19,23)(H,18,20,21). The fraction of sp³-hybridized carbons (Fsp3) is 0.118. The molecule has 1 aromatic carbocycles. The number of anilines is 2. The SMILES string of the molecule is O=C(NCCc1ccc(O)cc1)c1cnc(Nc2ccncc2)s1. The van der Waals surface area contributed by atoms with Gasteiger partial charge in [-0.05, 0) is 36.2 Å². The quantitative estimate of drug-likeness (QED) is 0.642. The number of carbonyl (C=O) groups is 1. The molecule has 0 saturated carbocycles. The van der Waals surface area contributed by atoms with Crippen molar-refractivity contribution in [2.24, 2.45) is 0 Å². The Hall–Kier alpha value is -2.93. The van der Waals surface area contributed by atoms with E-state index in [-0.39, 0.29) is 11.7 Å². The number of benzene rings is 1. The van der Waals surface area contributed by atoms with Gasteiger partial charge in [-0.3, -0.25) is 9.78 Å². The van der Waals surface area contributed by atoms with Crippen molar-refractivity contribution < 1.29 is 9.90 Å². The smallest absolute Gasteiger partial charge is 0.263 e. The molecule has 0 aliphatic rings. The molecule has 0 aliphatic heterocycles. The van der Waals surface area contributed by atoms with Crippen molar-refractivity contribution in [1.82, 2.24) is 15.3 Å². The molecule has 1 amide bonds. The third-order valence-electron chi connectivity index (χ3n) is 3.30. The molecule has 2 heterocycles. The van der Waals surface area contributed by atoms with E-state index in [1.54, 1.807) is 30.7 Å². The number of pyridine rings is 1. The predicted octanol–water partition coefficient (Wildman–Crippen LogP) is 2.96. The molecule has 24 heavy (non-hydrogen) atoms. The van der Waals surface area contributed by atoms with Crippen molar-refractivity contribution in [2.45, 2.75) is 6.42 Å². The summed E-state index contributed by atoms with van der Waals surface area (Å²) in [5, 5.41) is 15.9. The Bertz CT molecular complexity index is 803. The summed E-state index contributed by atoms with van der Waals surface area (Å²) in [6.07, 6.45) is 5.64. The largest absolute Gasteiger partial charge is 0.508 e. The van der Waals surface area contributed by atoms with Crippen LogP contribution in [0.4, 0.5) is 10.8 Å². The van der Waals surface area contributed by atoms with Crippen LogP contribution in [0.1, 0.15) is 15.2 Å². The molecule has 3 N–H and O–H groups in total. The van der Waals surface area contributed by atoms with Gasteiger partial charge in [0.15, 0.2) is 5.13 Å². The van der Waals surface area contributed by atoms with Crippen LogP contribution < -0.4 is 10.6 Å². The number of amides is 1. The number of phenolic OH excluding ortho intramolecular Hbond substituents is 1. The summed E-state index contributed by atoms with van der Waals surface area (Å²) in [6.45, 7) is 0.522. The first kappa shape index (κ1) is 15.9. The second kappa shape index (κ2) is 7.56. The van der Waals surface area contributed by atoms with E-state index in [9.17, 15) is 9.90 Å². The molecule has 3 rings (SSSR count). The maximum Gasteiger partial charge on any atom is 0.263 e. The maximum absolute atomic E-state index is 12.1. The molecule has 0 spiro atoms. The number of phenols is 1. The van der Waals surface area contributed by atoms with Gasteiger partial charge in [-0.25, -0.2) is 4.98 Å². The number of aromatic hydroxyl groups is 1. The highest BCUT2D eigenvalue weighted by atomic mass is 32.1. The van der Waals surface area contributed by atoms with Crippen molar-refractivity contribution in [3.63, 3.8) is 0 Å². The number of thiazole rings is 1. The summed E-state index contributed by atoms with van der Waals surface area (Å²) in [7, 11) is 0. The summed E-state index contributed by atoms with van der Waals surface area (Å²) >= 11 is 1.30. The van der Waals surface area contributed by atoms with Crippen LogP contribution >= 0.6 is 11.3 Å². The molecule has 0 fully saturated rings.